The normalized spacial score (nSPS) is 14.0. The maximum Gasteiger partial charge on any atom is 0.263 e. The van der Waals surface area contributed by atoms with Gasteiger partial charge in [0.15, 0.2) is 0 Å². The second-order valence-corrected chi connectivity index (χ2v) is 7.48. The van der Waals surface area contributed by atoms with Gasteiger partial charge in [-0.05, 0) is 31.2 Å². The first-order valence-corrected chi connectivity index (χ1v) is 9.30. The van der Waals surface area contributed by atoms with Crippen molar-refractivity contribution in [1.82, 2.24) is 14.9 Å². The van der Waals surface area contributed by atoms with E-state index in [2.05, 4.69) is 10.3 Å². The Morgan fingerprint density at radius 3 is 2.80 bits per heavy atom. The summed E-state index contributed by atoms with van der Waals surface area (Å²) in [6.07, 6.45) is 3.84. The highest BCUT2D eigenvalue weighted by Crippen LogP contribution is 2.30. The minimum absolute atomic E-state index is 0.0116. The maximum absolute atomic E-state index is 12.9. The minimum Gasteiger partial charge on any atom is -0.354 e. The van der Waals surface area contributed by atoms with E-state index in [1.807, 2.05) is 36.6 Å². The molecule has 1 saturated carbocycles. The van der Waals surface area contributed by atoms with Gasteiger partial charge in [0, 0.05) is 17.5 Å². The predicted molar refractivity (Wildman–Crippen MR) is 99.8 cm³/mol. The lowest BCUT2D eigenvalue weighted by Gasteiger charge is -2.07. The van der Waals surface area contributed by atoms with Crippen LogP contribution in [0.5, 0.6) is 0 Å². The van der Waals surface area contributed by atoms with Crippen LogP contribution in [0.2, 0.25) is 0 Å². The zero-order chi connectivity index (χ0) is 17.4. The van der Waals surface area contributed by atoms with Crippen molar-refractivity contribution in [2.24, 2.45) is 5.92 Å². The third-order valence-corrected chi connectivity index (χ3v) is 5.41. The van der Waals surface area contributed by atoms with E-state index >= 15 is 0 Å². The van der Waals surface area contributed by atoms with E-state index in [9.17, 15) is 9.59 Å². The molecule has 25 heavy (non-hydrogen) atoms. The molecule has 0 radical (unpaired) electrons. The maximum atomic E-state index is 12.9. The van der Waals surface area contributed by atoms with Crippen molar-refractivity contribution in [2.75, 3.05) is 6.54 Å². The quantitative estimate of drug-likeness (QED) is 0.767. The van der Waals surface area contributed by atoms with Crippen LogP contribution in [0.1, 0.15) is 18.4 Å². The number of benzene rings is 1. The van der Waals surface area contributed by atoms with E-state index < -0.39 is 0 Å². The Hall–Kier alpha value is -2.47. The van der Waals surface area contributed by atoms with Gasteiger partial charge in [0.25, 0.3) is 5.56 Å². The number of hydrogen-bond acceptors (Lipinski definition) is 4. The summed E-state index contributed by atoms with van der Waals surface area (Å²) in [5.41, 5.74) is 2.88. The Bertz CT molecular complexity index is 984. The molecular weight excluding hydrogens is 334 g/mol. The van der Waals surface area contributed by atoms with Gasteiger partial charge in [0.2, 0.25) is 5.91 Å². The highest BCUT2D eigenvalue weighted by molar-refractivity contribution is 7.17. The van der Waals surface area contributed by atoms with Gasteiger partial charge in [-0.3, -0.25) is 14.2 Å². The lowest BCUT2D eigenvalue weighted by atomic mass is 10.1. The molecule has 1 amide bonds. The van der Waals surface area contributed by atoms with Gasteiger partial charge in [-0.1, -0.05) is 29.8 Å². The van der Waals surface area contributed by atoms with Crippen LogP contribution >= 0.6 is 11.3 Å². The highest BCUT2D eigenvalue weighted by Gasteiger charge is 2.22. The first kappa shape index (κ1) is 16.0. The van der Waals surface area contributed by atoms with Crippen LogP contribution in [0.25, 0.3) is 21.3 Å². The zero-order valence-electron chi connectivity index (χ0n) is 14.0. The van der Waals surface area contributed by atoms with Crippen LogP contribution in [0.3, 0.4) is 0 Å². The molecule has 5 nitrogen and oxygen atoms in total. The molecule has 2 heterocycles. The van der Waals surface area contributed by atoms with Crippen LogP contribution < -0.4 is 10.9 Å². The van der Waals surface area contributed by atoms with Gasteiger partial charge in [-0.2, -0.15) is 0 Å². The van der Waals surface area contributed by atoms with Gasteiger partial charge >= 0.3 is 0 Å². The van der Waals surface area contributed by atoms with Crippen LogP contribution in [0.4, 0.5) is 0 Å². The highest BCUT2D eigenvalue weighted by atomic mass is 32.1. The van der Waals surface area contributed by atoms with Crippen molar-refractivity contribution < 1.29 is 4.79 Å². The summed E-state index contributed by atoms with van der Waals surface area (Å²) in [4.78, 5) is 30.0. The monoisotopic (exact) mass is 353 g/mol. The zero-order valence-corrected chi connectivity index (χ0v) is 14.8. The Balaban J connectivity index is 1.66. The molecule has 0 spiro atoms. The summed E-state index contributed by atoms with van der Waals surface area (Å²) in [7, 11) is 0. The fraction of sp³-hybridized carbons (Fsp3) is 0.316. The summed E-state index contributed by atoms with van der Waals surface area (Å²) >= 11 is 1.45. The Labute approximate surface area is 149 Å². The summed E-state index contributed by atoms with van der Waals surface area (Å²) in [6, 6.07) is 8.07. The topological polar surface area (TPSA) is 64.0 Å². The molecule has 4 rings (SSSR count). The van der Waals surface area contributed by atoms with Crippen molar-refractivity contribution in [2.45, 2.75) is 26.3 Å². The average molecular weight is 353 g/mol. The predicted octanol–water partition coefficient (Wildman–Crippen LogP) is 2.96. The van der Waals surface area contributed by atoms with Crippen molar-refractivity contribution in [3.63, 3.8) is 0 Å². The molecule has 0 atom stereocenters. The van der Waals surface area contributed by atoms with Crippen LogP contribution in [-0.4, -0.2) is 22.0 Å². The molecule has 0 bridgehead atoms. The fourth-order valence-electron chi connectivity index (χ4n) is 2.82. The number of aromatic nitrogens is 2. The van der Waals surface area contributed by atoms with Crippen molar-refractivity contribution in [1.29, 1.82) is 0 Å². The minimum atomic E-state index is -0.164. The van der Waals surface area contributed by atoms with E-state index in [-0.39, 0.29) is 18.0 Å². The molecular formula is C19H19N3O2S. The molecule has 128 valence electrons. The summed E-state index contributed by atoms with van der Waals surface area (Å²) in [6.45, 7) is 2.75. The lowest BCUT2D eigenvalue weighted by Crippen LogP contribution is -2.33. The van der Waals surface area contributed by atoms with Crippen molar-refractivity contribution in [3.8, 4) is 11.1 Å². The van der Waals surface area contributed by atoms with Crippen LogP contribution in [0, 0.1) is 12.8 Å². The van der Waals surface area contributed by atoms with E-state index in [1.165, 1.54) is 40.6 Å². The number of nitrogens with zero attached hydrogens (tertiary/aromatic N) is 2. The summed E-state index contributed by atoms with van der Waals surface area (Å²) in [5.74, 6) is 0.480. The number of carbonyl (C=O) groups excluding carboxylic acids is 1. The van der Waals surface area contributed by atoms with Gasteiger partial charge in [0.1, 0.15) is 11.4 Å². The van der Waals surface area contributed by atoms with Gasteiger partial charge < -0.3 is 5.32 Å². The molecule has 0 aliphatic heterocycles. The first-order valence-electron chi connectivity index (χ1n) is 8.42. The number of nitrogens with one attached hydrogen (secondary N) is 1. The van der Waals surface area contributed by atoms with E-state index in [0.29, 0.717) is 22.7 Å². The SMILES string of the molecule is Cc1ccc(-c2csc3ncn(CC(=O)NCC4CC4)c(=O)c23)cc1. The molecule has 0 unspecified atom stereocenters. The molecule has 1 N–H and O–H groups in total. The molecule has 0 saturated heterocycles. The molecule has 2 aromatic heterocycles. The number of rotatable bonds is 5. The number of amides is 1. The molecule has 6 heteroatoms. The first-order chi connectivity index (χ1) is 12.1. The number of aryl methyl sites for hydroxylation is 1. The lowest BCUT2D eigenvalue weighted by molar-refractivity contribution is -0.121. The Morgan fingerprint density at radius 2 is 2.08 bits per heavy atom. The number of thiophene rings is 1. The second-order valence-electron chi connectivity index (χ2n) is 6.62. The average Bonchev–Trinajstić information content (AvgIpc) is 3.34. The summed E-state index contributed by atoms with van der Waals surface area (Å²) in [5, 5.41) is 5.44. The van der Waals surface area contributed by atoms with Gasteiger partial charge in [-0.15, -0.1) is 11.3 Å². The van der Waals surface area contributed by atoms with Gasteiger partial charge in [0.05, 0.1) is 11.7 Å². The molecule has 1 fully saturated rings. The number of hydrogen-bond donors (Lipinski definition) is 1. The largest absolute Gasteiger partial charge is 0.354 e. The van der Waals surface area contributed by atoms with Crippen LogP contribution in [0.15, 0.2) is 40.8 Å². The van der Waals surface area contributed by atoms with Crippen LogP contribution in [-0.2, 0) is 11.3 Å². The standard InChI is InChI=1S/C19H19N3O2S/c1-12-2-6-14(7-3-12)15-10-25-18-17(15)19(24)22(11-21-18)9-16(23)20-8-13-4-5-13/h2-3,6-7,10-11,13H,4-5,8-9H2,1H3,(H,20,23). The smallest absolute Gasteiger partial charge is 0.263 e. The van der Waals surface area contributed by atoms with Crippen molar-refractivity contribution >= 4 is 27.5 Å². The van der Waals surface area contributed by atoms with Gasteiger partial charge in [-0.25, -0.2) is 4.98 Å². The number of fused-ring (bicyclic) bond motifs is 1. The summed E-state index contributed by atoms with van der Waals surface area (Å²) < 4.78 is 1.40. The second kappa shape index (κ2) is 6.44. The molecule has 1 aliphatic rings. The molecule has 1 aliphatic carbocycles. The van der Waals surface area contributed by atoms with Crippen molar-refractivity contribution in [3.05, 3.63) is 51.9 Å². The third-order valence-electron chi connectivity index (χ3n) is 4.52. The fourth-order valence-corrected chi connectivity index (χ4v) is 3.72. The Kier molecular flexibility index (Phi) is 4.13. The number of carbonyl (C=O) groups is 1. The third kappa shape index (κ3) is 3.35. The van der Waals surface area contributed by atoms with E-state index in [4.69, 9.17) is 0 Å². The molecule has 1 aromatic carbocycles. The van der Waals surface area contributed by atoms with E-state index in [0.717, 1.165) is 11.1 Å². The molecule has 3 aromatic rings. The van der Waals surface area contributed by atoms with E-state index in [1.54, 1.807) is 0 Å². The Morgan fingerprint density at radius 1 is 1.32 bits per heavy atom.